The summed E-state index contributed by atoms with van der Waals surface area (Å²) < 4.78 is 0. The smallest absolute Gasteiger partial charge is 0.271 e. The predicted octanol–water partition coefficient (Wildman–Crippen LogP) is 1.77. The summed E-state index contributed by atoms with van der Waals surface area (Å²) in [6.07, 6.45) is 0.0108. The molecule has 2 amide bonds. The van der Waals surface area contributed by atoms with Gasteiger partial charge in [0.05, 0.1) is 5.02 Å². The number of rotatable bonds is 4. The molecule has 18 heavy (non-hydrogen) atoms. The molecule has 3 N–H and O–H groups in total. The van der Waals surface area contributed by atoms with Crippen LogP contribution in [0.25, 0.3) is 0 Å². The minimum Gasteiger partial charge on any atom is -0.370 e. The lowest BCUT2D eigenvalue weighted by molar-refractivity contribution is -0.119. The maximum atomic E-state index is 11.9. The maximum Gasteiger partial charge on any atom is 0.271 e. The van der Waals surface area contributed by atoms with Crippen LogP contribution in [0, 0.1) is 0 Å². The van der Waals surface area contributed by atoms with Crippen LogP contribution in [0.5, 0.6) is 0 Å². The highest BCUT2D eigenvalue weighted by Gasteiger charge is 2.25. The molecule has 0 fully saturated rings. The Morgan fingerprint density at radius 1 is 1.39 bits per heavy atom. The second-order valence-corrected chi connectivity index (χ2v) is 5.24. The van der Waals surface area contributed by atoms with Gasteiger partial charge in [-0.05, 0) is 26.0 Å². The van der Waals surface area contributed by atoms with E-state index in [2.05, 4.69) is 10.3 Å². The highest BCUT2D eigenvalue weighted by molar-refractivity contribution is 6.34. The van der Waals surface area contributed by atoms with Gasteiger partial charge in [-0.2, -0.15) is 0 Å². The van der Waals surface area contributed by atoms with Gasteiger partial charge in [-0.25, -0.2) is 4.98 Å². The van der Waals surface area contributed by atoms with E-state index in [0.29, 0.717) is 0 Å². The zero-order valence-electron chi connectivity index (χ0n) is 9.96. The van der Waals surface area contributed by atoms with Crippen molar-refractivity contribution < 1.29 is 9.59 Å². The summed E-state index contributed by atoms with van der Waals surface area (Å²) in [5.41, 5.74) is 4.33. The molecule has 0 aliphatic carbocycles. The number of carbonyl (C=O) groups excluding carboxylic acids is 2. The third kappa shape index (κ3) is 4.16. The first-order valence-electron chi connectivity index (χ1n) is 5.14. The molecule has 1 rings (SSSR count). The first-order chi connectivity index (χ1) is 8.21. The van der Waals surface area contributed by atoms with Crippen LogP contribution >= 0.6 is 23.2 Å². The highest BCUT2D eigenvalue weighted by Crippen LogP contribution is 2.18. The number of pyridine rings is 1. The van der Waals surface area contributed by atoms with Crippen molar-refractivity contribution in [2.45, 2.75) is 25.8 Å². The zero-order chi connectivity index (χ0) is 13.9. The molecule has 5 nitrogen and oxygen atoms in total. The summed E-state index contributed by atoms with van der Waals surface area (Å²) >= 11 is 11.5. The Morgan fingerprint density at radius 2 is 2.00 bits per heavy atom. The van der Waals surface area contributed by atoms with E-state index in [1.165, 1.54) is 12.1 Å². The molecule has 0 spiro atoms. The molecule has 0 aliphatic rings. The Kier molecular flexibility index (Phi) is 4.53. The van der Waals surface area contributed by atoms with Gasteiger partial charge in [0, 0.05) is 12.0 Å². The number of aromatic nitrogens is 1. The van der Waals surface area contributed by atoms with Crippen molar-refractivity contribution in [3.05, 3.63) is 28.0 Å². The minimum absolute atomic E-state index is 0.0108. The molecule has 1 aromatic heterocycles. The zero-order valence-corrected chi connectivity index (χ0v) is 11.5. The minimum atomic E-state index is -0.782. The lowest BCUT2D eigenvalue weighted by Crippen LogP contribution is -2.46. The lowest BCUT2D eigenvalue weighted by Gasteiger charge is -2.24. The van der Waals surface area contributed by atoms with Crippen LogP contribution in [0.4, 0.5) is 0 Å². The number of amides is 2. The number of nitrogens with zero attached hydrogens (tertiary/aromatic N) is 1. The van der Waals surface area contributed by atoms with Gasteiger partial charge in [0.2, 0.25) is 5.91 Å². The molecule has 0 saturated heterocycles. The van der Waals surface area contributed by atoms with Crippen molar-refractivity contribution in [3.8, 4) is 0 Å². The van der Waals surface area contributed by atoms with Crippen molar-refractivity contribution in [1.82, 2.24) is 10.3 Å². The third-order valence-corrected chi connectivity index (χ3v) is 2.61. The van der Waals surface area contributed by atoms with Crippen molar-refractivity contribution in [2.24, 2.45) is 5.73 Å². The Hall–Kier alpha value is -1.33. The Morgan fingerprint density at radius 3 is 2.56 bits per heavy atom. The van der Waals surface area contributed by atoms with Crippen molar-refractivity contribution >= 4 is 35.0 Å². The summed E-state index contributed by atoms with van der Waals surface area (Å²) in [6.45, 7) is 3.35. The SMILES string of the molecule is CC(C)(CC(N)=O)NC(=O)c1nc(Cl)ccc1Cl. The van der Waals surface area contributed by atoms with Gasteiger partial charge in [0.1, 0.15) is 10.8 Å². The van der Waals surface area contributed by atoms with Crippen LogP contribution < -0.4 is 11.1 Å². The van der Waals surface area contributed by atoms with E-state index in [1.54, 1.807) is 13.8 Å². The van der Waals surface area contributed by atoms with Gasteiger partial charge in [-0.1, -0.05) is 23.2 Å². The number of nitrogens with two attached hydrogens (primary N) is 1. The topological polar surface area (TPSA) is 85.1 Å². The fourth-order valence-corrected chi connectivity index (χ4v) is 1.76. The average molecular weight is 290 g/mol. The molecular weight excluding hydrogens is 277 g/mol. The third-order valence-electron chi connectivity index (χ3n) is 2.10. The number of hydrogen-bond acceptors (Lipinski definition) is 3. The molecule has 0 atom stereocenters. The maximum absolute atomic E-state index is 11.9. The lowest BCUT2D eigenvalue weighted by atomic mass is 10.00. The molecule has 0 unspecified atom stereocenters. The standard InChI is InChI=1S/C11H13Cl2N3O2/c1-11(2,5-8(14)17)16-10(18)9-6(12)3-4-7(13)15-9/h3-4H,5H2,1-2H3,(H2,14,17)(H,16,18). The normalized spacial score (nSPS) is 11.1. The van der Waals surface area contributed by atoms with Crippen LogP contribution in [0.15, 0.2) is 12.1 Å². The second kappa shape index (κ2) is 5.54. The van der Waals surface area contributed by atoms with Crippen LogP contribution in [0.2, 0.25) is 10.2 Å². The van der Waals surface area contributed by atoms with E-state index in [1.807, 2.05) is 0 Å². The fourth-order valence-electron chi connectivity index (χ4n) is 1.42. The predicted molar refractivity (Wildman–Crippen MR) is 69.6 cm³/mol. The van der Waals surface area contributed by atoms with E-state index >= 15 is 0 Å². The van der Waals surface area contributed by atoms with Crippen LogP contribution in [-0.4, -0.2) is 22.3 Å². The van der Waals surface area contributed by atoms with Gasteiger partial charge in [-0.15, -0.1) is 0 Å². The first kappa shape index (κ1) is 14.7. The van der Waals surface area contributed by atoms with Crippen molar-refractivity contribution in [3.63, 3.8) is 0 Å². The molecule has 1 heterocycles. The van der Waals surface area contributed by atoms with E-state index < -0.39 is 17.4 Å². The van der Waals surface area contributed by atoms with Gasteiger partial charge < -0.3 is 11.1 Å². The van der Waals surface area contributed by atoms with E-state index in [4.69, 9.17) is 28.9 Å². The largest absolute Gasteiger partial charge is 0.370 e. The van der Waals surface area contributed by atoms with E-state index in [9.17, 15) is 9.59 Å². The molecule has 0 radical (unpaired) electrons. The summed E-state index contributed by atoms with van der Waals surface area (Å²) in [6, 6.07) is 2.96. The number of halogens is 2. The molecule has 1 aromatic rings. The first-order valence-corrected chi connectivity index (χ1v) is 5.90. The Labute approximate surface area is 115 Å². The van der Waals surface area contributed by atoms with Gasteiger partial charge in [0.25, 0.3) is 5.91 Å². The van der Waals surface area contributed by atoms with Gasteiger partial charge in [-0.3, -0.25) is 9.59 Å². The van der Waals surface area contributed by atoms with E-state index in [0.717, 1.165) is 0 Å². The quantitative estimate of drug-likeness (QED) is 0.829. The number of primary amides is 1. The fraction of sp³-hybridized carbons (Fsp3) is 0.364. The van der Waals surface area contributed by atoms with Crippen LogP contribution in [0.1, 0.15) is 30.8 Å². The highest BCUT2D eigenvalue weighted by atomic mass is 35.5. The molecule has 0 bridgehead atoms. The van der Waals surface area contributed by atoms with Crippen LogP contribution in [-0.2, 0) is 4.79 Å². The Balaban J connectivity index is 2.88. The number of carbonyl (C=O) groups is 2. The monoisotopic (exact) mass is 289 g/mol. The molecular formula is C11H13Cl2N3O2. The van der Waals surface area contributed by atoms with Gasteiger partial charge >= 0.3 is 0 Å². The van der Waals surface area contributed by atoms with Gasteiger partial charge in [0.15, 0.2) is 0 Å². The molecule has 0 saturated carbocycles. The summed E-state index contributed by atoms with van der Waals surface area (Å²) in [4.78, 5) is 26.6. The van der Waals surface area contributed by atoms with Crippen molar-refractivity contribution in [1.29, 1.82) is 0 Å². The molecule has 0 aromatic carbocycles. The second-order valence-electron chi connectivity index (χ2n) is 4.45. The average Bonchev–Trinajstić information content (AvgIpc) is 2.18. The Bertz CT molecular complexity index is 489. The molecule has 0 aliphatic heterocycles. The number of nitrogens with one attached hydrogen (secondary N) is 1. The van der Waals surface area contributed by atoms with Crippen LogP contribution in [0.3, 0.4) is 0 Å². The molecule has 7 heteroatoms. The summed E-state index contributed by atoms with van der Waals surface area (Å²) in [5, 5.41) is 2.98. The summed E-state index contributed by atoms with van der Waals surface area (Å²) in [5.74, 6) is -1.01. The molecule has 98 valence electrons. The van der Waals surface area contributed by atoms with E-state index in [-0.39, 0.29) is 22.3 Å². The van der Waals surface area contributed by atoms with Crippen molar-refractivity contribution in [2.75, 3.05) is 0 Å². The summed E-state index contributed by atoms with van der Waals surface area (Å²) in [7, 11) is 0. The number of hydrogen-bond donors (Lipinski definition) is 2.